The maximum atomic E-state index is 6.19. The fourth-order valence-electron chi connectivity index (χ4n) is 1.57. The van der Waals surface area contributed by atoms with Gasteiger partial charge in [-0.15, -0.1) is 0 Å². The van der Waals surface area contributed by atoms with Crippen LogP contribution in [-0.2, 0) is 13.1 Å². The largest absolute Gasteiger partial charge is 0.331 e. The quantitative estimate of drug-likeness (QED) is 0.801. The first kappa shape index (κ1) is 10.2. The van der Waals surface area contributed by atoms with Crippen molar-refractivity contribution in [2.75, 3.05) is 0 Å². The Kier molecular flexibility index (Phi) is 2.77. The topological polar surface area (TPSA) is 35.6 Å². The van der Waals surface area contributed by atoms with E-state index in [-0.39, 0.29) is 0 Å². The summed E-state index contributed by atoms with van der Waals surface area (Å²) in [7, 11) is 0. The smallest absolute Gasteiger partial charge is 0.0949 e. The standard InChI is InChI=1S/C10H13ClN4/c1-3-15-9(10(11)8(2)13-15)6-14-5-4-12-7-14/h4-5,7H,3,6H2,1-2H3. The van der Waals surface area contributed by atoms with Crippen molar-refractivity contribution in [1.29, 1.82) is 0 Å². The fraction of sp³-hybridized carbons (Fsp3) is 0.400. The lowest BCUT2D eigenvalue weighted by Gasteiger charge is -2.05. The molecule has 0 bridgehead atoms. The molecule has 0 saturated carbocycles. The molecular formula is C10H13ClN4. The maximum absolute atomic E-state index is 6.19. The molecule has 0 aliphatic rings. The summed E-state index contributed by atoms with van der Waals surface area (Å²) in [5.74, 6) is 0. The van der Waals surface area contributed by atoms with Crippen LogP contribution in [0.4, 0.5) is 0 Å². The Balaban J connectivity index is 2.34. The molecule has 4 nitrogen and oxygen atoms in total. The highest BCUT2D eigenvalue weighted by Gasteiger charge is 2.12. The molecule has 0 atom stereocenters. The van der Waals surface area contributed by atoms with Crippen molar-refractivity contribution in [2.24, 2.45) is 0 Å². The van der Waals surface area contributed by atoms with Crippen LogP contribution in [0.25, 0.3) is 0 Å². The molecule has 0 amide bonds. The van der Waals surface area contributed by atoms with Gasteiger partial charge in [-0.2, -0.15) is 5.10 Å². The second-order valence-electron chi connectivity index (χ2n) is 3.40. The fourth-order valence-corrected chi connectivity index (χ4v) is 1.77. The number of hydrogen-bond donors (Lipinski definition) is 0. The number of rotatable bonds is 3. The van der Waals surface area contributed by atoms with E-state index in [4.69, 9.17) is 11.6 Å². The van der Waals surface area contributed by atoms with Crippen molar-refractivity contribution in [3.05, 3.63) is 35.1 Å². The van der Waals surface area contributed by atoms with E-state index < -0.39 is 0 Å². The third-order valence-corrected chi connectivity index (χ3v) is 2.84. The van der Waals surface area contributed by atoms with Gasteiger partial charge in [0.2, 0.25) is 0 Å². The Labute approximate surface area is 93.5 Å². The van der Waals surface area contributed by atoms with Crippen LogP contribution >= 0.6 is 11.6 Å². The molecule has 0 radical (unpaired) electrons. The number of imidazole rings is 1. The van der Waals surface area contributed by atoms with Crippen LogP contribution < -0.4 is 0 Å². The minimum Gasteiger partial charge on any atom is -0.331 e. The van der Waals surface area contributed by atoms with E-state index in [1.165, 1.54) is 0 Å². The summed E-state index contributed by atoms with van der Waals surface area (Å²) in [5.41, 5.74) is 1.92. The lowest BCUT2D eigenvalue weighted by molar-refractivity contribution is 0.597. The van der Waals surface area contributed by atoms with Gasteiger partial charge in [0, 0.05) is 18.9 Å². The van der Waals surface area contributed by atoms with E-state index in [9.17, 15) is 0 Å². The normalized spacial score (nSPS) is 10.9. The van der Waals surface area contributed by atoms with Crippen LogP contribution in [-0.4, -0.2) is 19.3 Å². The zero-order valence-electron chi connectivity index (χ0n) is 8.81. The van der Waals surface area contributed by atoms with Crippen molar-refractivity contribution < 1.29 is 0 Å². The summed E-state index contributed by atoms with van der Waals surface area (Å²) in [5, 5.41) is 5.12. The first-order valence-electron chi connectivity index (χ1n) is 4.90. The Morgan fingerprint density at radius 2 is 2.27 bits per heavy atom. The van der Waals surface area contributed by atoms with Crippen molar-refractivity contribution >= 4 is 11.6 Å². The second-order valence-corrected chi connectivity index (χ2v) is 3.77. The molecule has 0 aliphatic carbocycles. The first-order valence-corrected chi connectivity index (χ1v) is 5.27. The Morgan fingerprint density at radius 1 is 1.47 bits per heavy atom. The van der Waals surface area contributed by atoms with E-state index in [1.54, 1.807) is 12.5 Å². The molecule has 0 N–H and O–H groups in total. The van der Waals surface area contributed by atoms with E-state index >= 15 is 0 Å². The van der Waals surface area contributed by atoms with Gasteiger partial charge in [-0.05, 0) is 13.8 Å². The summed E-state index contributed by atoms with van der Waals surface area (Å²) in [4.78, 5) is 4.00. The average molecular weight is 225 g/mol. The summed E-state index contributed by atoms with van der Waals surface area (Å²) in [6.45, 7) is 5.52. The first-order chi connectivity index (χ1) is 7.22. The molecule has 2 rings (SSSR count). The number of nitrogens with zero attached hydrogens (tertiary/aromatic N) is 4. The third kappa shape index (κ3) is 1.90. The highest BCUT2D eigenvalue weighted by molar-refractivity contribution is 6.31. The van der Waals surface area contributed by atoms with E-state index in [1.807, 2.05) is 22.4 Å². The third-order valence-electron chi connectivity index (χ3n) is 2.34. The molecular weight excluding hydrogens is 212 g/mol. The van der Waals surface area contributed by atoms with E-state index in [0.717, 1.165) is 23.0 Å². The van der Waals surface area contributed by atoms with Gasteiger partial charge < -0.3 is 4.57 Å². The van der Waals surface area contributed by atoms with Gasteiger partial charge in [-0.1, -0.05) is 11.6 Å². The molecule has 0 spiro atoms. The second kappa shape index (κ2) is 4.06. The predicted molar refractivity (Wildman–Crippen MR) is 59.0 cm³/mol. The van der Waals surface area contributed by atoms with Crippen LogP contribution in [0.5, 0.6) is 0 Å². The van der Waals surface area contributed by atoms with Gasteiger partial charge in [-0.25, -0.2) is 4.98 Å². The highest BCUT2D eigenvalue weighted by Crippen LogP contribution is 2.20. The van der Waals surface area contributed by atoms with Crippen molar-refractivity contribution in [1.82, 2.24) is 19.3 Å². The van der Waals surface area contributed by atoms with Gasteiger partial charge in [-0.3, -0.25) is 4.68 Å². The van der Waals surface area contributed by atoms with Gasteiger partial charge >= 0.3 is 0 Å². The minimum atomic E-state index is 0.716. The van der Waals surface area contributed by atoms with Crippen molar-refractivity contribution in [3.63, 3.8) is 0 Å². The Morgan fingerprint density at radius 3 is 2.87 bits per heavy atom. The van der Waals surface area contributed by atoms with Crippen molar-refractivity contribution in [3.8, 4) is 0 Å². The van der Waals surface area contributed by atoms with Crippen LogP contribution in [0.3, 0.4) is 0 Å². The molecule has 0 aliphatic heterocycles. The zero-order valence-corrected chi connectivity index (χ0v) is 9.57. The molecule has 0 fully saturated rings. The van der Waals surface area contributed by atoms with Gasteiger partial charge in [0.15, 0.2) is 0 Å². The van der Waals surface area contributed by atoms with Crippen LogP contribution in [0.2, 0.25) is 5.02 Å². The number of halogens is 1. The average Bonchev–Trinajstić information content (AvgIpc) is 2.82. The van der Waals surface area contributed by atoms with Crippen LogP contribution in [0, 0.1) is 6.92 Å². The summed E-state index contributed by atoms with van der Waals surface area (Å²) in [6, 6.07) is 0. The monoisotopic (exact) mass is 224 g/mol. The highest BCUT2D eigenvalue weighted by atomic mass is 35.5. The lowest BCUT2D eigenvalue weighted by atomic mass is 10.3. The number of aromatic nitrogens is 4. The molecule has 2 aromatic heterocycles. The number of aryl methyl sites for hydroxylation is 2. The molecule has 5 heteroatoms. The Hall–Kier alpha value is -1.29. The molecule has 0 aromatic carbocycles. The molecule has 2 heterocycles. The van der Waals surface area contributed by atoms with Crippen LogP contribution in [0.15, 0.2) is 18.7 Å². The van der Waals surface area contributed by atoms with Gasteiger partial charge in [0.25, 0.3) is 0 Å². The van der Waals surface area contributed by atoms with E-state index in [0.29, 0.717) is 6.54 Å². The van der Waals surface area contributed by atoms with Crippen LogP contribution in [0.1, 0.15) is 18.3 Å². The molecule has 15 heavy (non-hydrogen) atoms. The summed E-state index contributed by atoms with van der Waals surface area (Å²) < 4.78 is 3.91. The SMILES string of the molecule is CCn1nc(C)c(Cl)c1Cn1ccnc1. The van der Waals surface area contributed by atoms with Gasteiger partial charge in [0.05, 0.1) is 29.3 Å². The Bertz CT molecular complexity index is 444. The maximum Gasteiger partial charge on any atom is 0.0949 e. The molecule has 0 unspecified atom stereocenters. The number of hydrogen-bond acceptors (Lipinski definition) is 2. The van der Waals surface area contributed by atoms with Crippen molar-refractivity contribution in [2.45, 2.75) is 26.9 Å². The minimum absolute atomic E-state index is 0.716. The molecule has 80 valence electrons. The zero-order chi connectivity index (χ0) is 10.8. The lowest BCUT2D eigenvalue weighted by Crippen LogP contribution is -2.07. The molecule has 2 aromatic rings. The van der Waals surface area contributed by atoms with Gasteiger partial charge in [0.1, 0.15) is 0 Å². The molecule has 0 saturated heterocycles. The summed E-state index contributed by atoms with van der Waals surface area (Å²) >= 11 is 6.19. The van der Waals surface area contributed by atoms with E-state index in [2.05, 4.69) is 17.0 Å². The predicted octanol–water partition coefficient (Wildman–Crippen LogP) is 2.11. The summed E-state index contributed by atoms with van der Waals surface area (Å²) in [6.07, 6.45) is 5.45.